The zero-order valence-electron chi connectivity index (χ0n) is 11.7. The van der Waals surface area contributed by atoms with Crippen LogP contribution in [0, 0.1) is 13.8 Å². The topological polar surface area (TPSA) is 69.6 Å². The van der Waals surface area contributed by atoms with Crippen molar-refractivity contribution in [2.45, 2.75) is 13.8 Å². The van der Waals surface area contributed by atoms with Gasteiger partial charge in [0, 0.05) is 15.7 Å². The van der Waals surface area contributed by atoms with Crippen molar-refractivity contribution < 1.29 is 0 Å². The molecular weight excluding hydrogens is 330 g/mol. The fraction of sp³-hybridized carbons (Fsp3) is 0.133. The maximum Gasteiger partial charge on any atom is 0.187 e. The van der Waals surface area contributed by atoms with Crippen molar-refractivity contribution in [1.29, 1.82) is 0 Å². The molecule has 0 aliphatic heterocycles. The molecule has 0 atom stereocenters. The number of anilines is 1. The van der Waals surface area contributed by atoms with Crippen molar-refractivity contribution in [3.05, 3.63) is 52.0 Å². The van der Waals surface area contributed by atoms with Gasteiger partial charge in [0.25, 0.3) is 0 Å². The van der Waals surface area contributed by atoms with Gasteiger partial charge in [0.05, 0.1) is 5.69 Å². The van der Waals surface area contributed by atoms with Gasteiger partial charge in [-0.2, -0.15) is 4.68 Å². The number of tetrazole rings is 1. The van der Waals surface area contributed by atoms with E-state index in [-0.39, 0.29) is 0 Å². The molecule has 106 valence electrons. The molecule has 0 spiro atoms. The third-order valence-corrected chi connectivity index (χ3v) is 3.88. The number of hydrogen-bond donors (Lipinski definition) is 1. The summed E-state index contributed by atoms with van der Waals surface area (Å²) in [6, 6.07) is 11.8. The van der Waals surface area contributed by atoms with Crippen molar-refractivity contribution >= 4 is 21.6 Å². The molecule has 1 heterocycles. The van der Waals surface area contributed by atoms with E-state index in [0.717, 1.165) is 32.5 Å². The lowest BCUT2D eigenvalue weighted by atomic mass is 10.1. The molecular formula is C15H14BrN5. The number of aromatic nitrogens is 4. The van der Waals surface area contributed by atoms with E-state index in [2.05, 4.69) is 31.5 Å². The Morgan fingerprint density at radius 1 is 1.05 bits per heavy atom. The second kappa shape index (κ2) is 5.29. The van der Waals surface area contributed by atoms with E-state index in [0.29, 0.717) is 5.82 Å². The van der Waals surface area contributed by atoms with Gasteiger partial charge in [-0.3, -0.25) is 0 Å². The second-order valence-electron chi connectivity index (χ2n) is 4.92. The Hall–Kier alpha value is -2.21. The first-order valence-electron chi connectivity index (χ1n) is 6.47. The number of benzene rings is 2. The molecule has 21 heavy (non-hydrogen) atoms. The minimum atomic E-state index is 0.698. The molecule has 1 aromatic heterocycles. The summed E-state index contributed by atoms with van der Waals surface area (Å²) in [5, 5.41) is 12.1. The van der Waals surface area contributed by atoms with Crippen molar-refractivity contribution in [2.75, 3.05) is 5.73 Å². The SMILES string of the molecule is Cc1cc(-c2nnnn2-c2ccc(Br)cc2C)ccc1N. The first-order valence-corrected chi connectivity index (χ1v) is 7.27. The summed E-state index contributed by atoms with van der Waals surface area (Å²) >= 11 is 3.47. The highest BCUT2D eigenvalue weighted by atomic mass is 79.9. The maximum absolute atomic E-state index is 5.87. The van der Waals surface area contributed by atoms with Crippen LogP contribution in [0.5, 0.6) is 0 Å². The third kappa shape index (κ3) is 2.54. The van der Waals surface area contributed by atoms with E-state index in [1.165, 1.54) is 0 Å². The van der Waals surface area contributed by atoms with Crippen LogP contribution in [-0.2, 0) is 0 Å². The molecule has 0 saturated carbocycles. The lowest BCUT2D eigenvalue weighted by molar-refractivity contribution is 0.787. The summed E-state index contributed by atoms with van der Waals surface area (Å²) < 4.78 is 2.77. The van der Waals surface area contributed by atoms with E-state index in [1.807, 2.05) is 50.2 Å². The average molecular weight is 344 g/mol. The quantitative estimate of drug-likeness (QED) is 0.725. The summed E-state index contributed by atoms with van der Waals surface area (Å²) in [6.45, 7) is 4.00. The molecule has 2 N–H and O–H groups in total. The Morgan fingerprint density at radius 3 is 2.57 bits per heavy atom. The summed E-state index contributed by atoms with van der Waals surface area (Å²) in [7, 11) is 0. The van der Waals surface area contributed by atoms with Gasteiger partial charge in [-0.1, -0.05) is 15.9 Å². The molecule has 0 saturated heterocycles. The lowest BCUT2D eigenvalue weighted by Gasteiger charge is -2.09. The Kier molecular flexibility index (Phi) is 3.47. The highest BCUT2D eigenvalue weighted by Crippen LogP contribution is 2.25. The molecule has 0 fully saturated rings. The first-order chi connectivity index (χ1) is 10.1. The molecule has 3 aromatic rings. The number of nitrogen functional groups attached to an aromatic ring is 1. The lowest BCUT2D eigenvalue weighted by Crippen LogP contribution is -2.02. The molecule has 6 heteroatoms. The number of aryl methyl sites for hydroxylation is 2. The van der Waals surface area contributed by atoms with E-state index in [1.54, 1.807) is 4.68 Å². The predicted octanol–water partition coefficient (Wildman–Crippen LogP) is 3.29. The summed E-state index contributed by atoms with van der Waals surface area (Å²) in [5.74, 6) is 0.698. The predicted molar refractivity (Wildman–Crippen MR) is 86.2 cm³/mol. The monoisotopic (exact) mass is 343 g/mol. The number of hydrogen-bond acceptors (Lipinski definition) is 4. The van der Waals surface area contributed by atoms with Gasteiger partial charge in [-0.15, -0.1) is 5.10 Å². The largest absolute Gasteiger partial charge is 0.399 e. The fourth-order valence-electron chi connectivity index (χ4n) is 2.20. The second-order valence-corrected chi connectivity index (χ2v) is 5.83. The molecule has 0 unspecified atom stereocenters. The maximum atomic E-state index is 5.87. The average Bonchev–Trinajstić information content (AvgIpc) is 2.91. The summed E-state index contributed by atoms with van der Waals surface area (Å²) in [6.07, 6.45) is 0. The molecule has 2 aromatic carbocycles. The highest BCUT2D eigenvalue weighted by molar-refractivity contribution is 9.10. The summed E-state index contributed by atoms with van der Waals surface area (Å²) in [4.78, 5) is 0. The smallest absolute Gasteiger partial charge is 0.187 e. The summed E-state index contributed by atoms with van der Waals surface area (Å²) in [5.41, 5.74) is 10.6. The number of nitrogens with zero attached hydrogens (tertiary/aromatic N) is 4. The Balaban J connectivity index is 2.14. The van der Waals surface area contributed by atoms with Gasteiger partial charge in [0.15, 0.2) is 5.82 Å². The fourth-order valence-corrected chi connectivity index (χ4v) is 2.68. The van der Waals surface area contributed by atoms with Crippen molar-refractivity contribution in [3.8, 4) is 17.1 Å². The van der Waals surface area contributed by atoms with Gasteiger partial charge < -0.3 is 5.73 Å². The van der Waals surface area contributed by atoms with Crippen LogP contribution in [0.4, 0.5) is 5.69 Å². The minimum absolute atomic E-state index is 0.698. The van der Waals surface area contributed by atoms with Crippen LogP contribution < -0.4 is 5.73 Å². The van der Waals surface area contributed by atoms with E-state index < -0.39 is 0 Å². The van der Waals surface area contributed by atoms with Gasteiger partial charge >= 0.3 is 0 Å². The standard InChI is InChI=1S/C15H14BrN5/c1-9-7-11(3-5-13(9)17)15-18-19-20-21(15)14-6-4-12(16)8-10(14)2/h3-8H,17H2,1-2H3. The zero-order chi connectivity index (χ0) is 15.0. The van der Waals surface area contributed by atoms with Crippen LogP contribution in [0.2, 0.25) is 0 Å². The van der Waals surface area contributed by atoms with Crippen LogP contribution in [0.15, 0.2) is 40.9 Å². The minimum Gasteiger partial charge on any atom is -0.399 e. The Labute approximate surface area is 130 Å². The molecule has 3 rings (SSSR count). The molecule has 5 nitrogen and oxygen atoms in total. The molecule has 0 aliphatic carbocycles. The molecule has 0 amide bonds. The Bertz CT molecular complexity index is 810. The molecule has 0 aliphatic rings. The number of rotatable bonds is 2. The van der Waals surface area contributed by atoms with Gasteiger partial charge in [0.1, 0.15) is 0 Å². The number of halogens is 1. The first kappa shape index (κ1) is 13.8. The van der Waals surface area contributed by atoms with Gasteiger partial charge in [0.2, 0.25) is 0 Å². The Morgan fingerprint density at radius 2 is 1.86 bits per heavy atom. The van der Waals surface area contributed by atoms with E-state index in [4.69, 9.17) is 5.73 Å². The van der Waals surface area contributed by atoms with E-state index >= 15 is 0 Å². The van der Waals surface area contributed by atoms with Gasteiger partial charge in [-0.05, 0) is 71.8 Å². The van der Waals surface area contributed by atoms with E-state index in [9.17, 15) is 0 Å². The van der Waals surface area contributed by atoms with Crippen LogP contribution in [0.3, 0.4) is 0 Å². The normalized spacial score (nSPS) is 10.8. The molecule has 0 radical (unpaired) electrons. The van der Waals surface area contributed by atoms with Crippen LogP contribution in [-0.4, -0.2) is 20.2 Å². The van der Waals surface area contributed by atoms with Crippen molar-refractivity contribution in [3.63, 3.8) is 0 Å². The van der Waals surface area contributed by atoms with Crippen LogP contribution in [0.1, 0.15) is 11.1 Å². The molecule has 0 bridgehead atoms. The number of nitrogens with two attached hydrogens (primary N) is 1. The van der Waals surface area contributed by atoms with Crippen molar-refractivity contribution in [2.24, 2.45) is 0 Å². The van der Waals surface area contributed by atoms with Gasteiger partial charge in [-0.25, -0.2) is 0 Å². The zero-order valence-corrected chi connectivity index (χ0v) is 13.3. The highest BCUT2D eigenvalue weighted by Gasteiger charge is 2.13. The van der Waals surface area contributed by atoms with Crippen LogP contribution >= 0.6 is 15.9 Å². The van der Waals surface area contributed by atoms with Crippen LogP contribution in [0.25, 0.3) is 17.1 Å². The third-order valence-electron chi connectivity index (χ3n) is 3.38. The van der Waals surface area contributed by atoms with Crippen molar-refractivity contribution in [1.82, 2.24) is 20.2 Å².